The molecule has 2 aliphatic rings. The van der Waals surface area contributed by atoms with Crippen LogP contribution in [0.5, 0.6) is 11.5 Å². The molecule has 0 saturated carbocycles. The van der Waals surface area contributed by atoms with Gasteiger partial charge in [-0.05, 0) is 114 Å². The second kappa shape index (κ2) is 26.4. The van der Waals surface area contributed by atoms with Gasteiger partial charge >= 0.3 is 23.9 Å². The molecule has 0 aromatic heterocycles. The van der Waals surface area contributed by atoms with Gasteiger partial charge < -0.3 is 33.2 Å². The normalized spacial score (nSPS) is 23.1. The lowest BCUT2D eigenvalue weighted by Crippen LogP contribution is -2.64. The molecule has 8 atom stereocenters. The zero-order valence-corrected chi connectivity index (χ0v) is 40.8. The Labute approximate surface area is 374 Å². The highest BCUT2D eigenvalue weighted by Crippen LogP contribution is 2.46. The van der Waals surface area contributed by atoms with Crippen molar-refractivity contribution in [2.75, 3.05) is 6.61 Å². The maximum Gasteiger partial charge on any atom is 0.306 e. The molecular formula is C51H84O11. The zero-order valence-electron chi connectivity index (χ0n) is 40.8. The van der Waals surface area contributed by atoms with E-state index in [0.717, 1.165) is 65.5 Å². The molecule has 11 nitrogen and oxygen atoms in total. The van der Waals surface area contributed by atoms with Gasteiger partial charge in [-0.25, -0.2) is 0 Å². The van der Waals surface area contributed by atoms with E-state index >= 15 is 0 Å². The summed E-state index contributed by atoms with van der Waals surface area (Å²) in [6.45, 7) is 24.8. The molecule has 1 saturated heterocycles. The topological polar surface area (TPSA) is 133 Å². The fourth-order valence-electron chi connectivity index (χ4n) is 8.76. The highest BCUT2D eigenvalue weighted by atomic mass is 16.7. The van der Waals surface area contributed by atoms with Crippen molar-refractivity contribution >= 4 is 23.9 Å². The Morgan fingerprint density at radius 3 is 1.69 bits per heavy atom. The molecule has 1 aromatic carbocycles. The molecule has 0 N–H and O–H groups in total. The van der Waals surface area contributed by atoms with Gasteiger partial charge in [0.25, 0.3) is 0 Å². The van der Waals surface area contributed by atoms with Gasteiger partial charge in [0.2, 0.25) is 12.4 Å². The van der Waals surface area contributed by atoms with E-state index < -0.39 is 54.6 Å². The van der Waals surface area contributed by atoms with Gasteiger partial charge in [-0.3, -0.25) is 19.2 Å². The Bertz CT molecular complexity index is 1570. The molecule has 11 heteroatoms. The van der Waals surface area contributed by atoms with Crippen LogP contribution in [0.15, 0.2) is 0 Å². The summed E-state index contributed by atoms with van der Waals surface area (Å²) < 4.78 is 44.0. The highest BCUT2D eigenvalue weighted by Gasteiger charge is 2.54. The van der Waals surface area contributed by atoms with E-state index in [0.29, 0.717) is 37.4 Å². The minimum absolute atomic E-state index is 0.0859. The molecule has 2 unspecified atom stereocenters. The SMILES string of the molecule is CCCC(=O)OC[C@H]1O[C@@H](Oc2c(C)c(C)c3c(c2C)CC[C@@](C)(CCC[C@H](C)CCC[C@H](C)CCCC(C)C)O3)C(OC(=O)CCC)[C@@H](OC(=O)CCC)C1OC(=O)CCC. The molecule has 0 bridgehead atoms. The van der Waals surface area contributed by atoms with Gasteiger partial charge in [0.1, 0.15) is 29.8 Å². The molecule has 0 radical (unpaired) electrons. The van der Waals surface area contributed by atoms with Crippen LogP contribution < -0.4 is 9.47 Å². The van der Waals surface area contributed by atoms with Crippen molar-refractivity contribution in [3.05, 3.63) is 22.3 Å². The van der Waals surface area contributed by atoms with Crippen molar-refractivity contribution in [1.29, 1.82) is 0 Å². The van der Waals surface area contributed by atoms with Gasteiger partial charge in [-0.1, -0.05) is 100 Å². The van der Waals surface area contributed by atoms with Crippen molar-refractivity contribution in [3.8, 4) is 11.5 Å². The summed E-state index contributed by atoms with van der Waals surface area (Å²) in [5.41, 5.74) is 3.41. The fourth-order valence-corrected chi connectivity index (χ4v) is 8.76. The summed E-state index contributed by atoms with van der Waals surface area (Å²) >= 11 is 0. The van der Waals surface area contributed by atoms with Crippen LogP contribution in [0.4, 0.5) is 0 Å². The van der Waals surface area contributed by atoms with Gasteiger partial charge in [-0.2, -0.15) is 0 Å². The number of fused-ring (bicyclic) bond motifs is 1. The molecule has 354 valence electrons. The molecular weight excluding hydrogens is 789 g/mol. The molecule has 3 rings (SSSR count). The lowest BCUT2D eigenvalue weighted by molar-refractivity contribution is -0.289. The number of carbonyl (C=O) groups is 4. The summed E-state index contributed by atoms with van der Waals surface area (Å²) in [6, 6.07) is 0. The Kier molecular flexibility index (Phi) is 22.6. The van der Waals surface area contributed by atoms with Crippen molar-refractivity contribution in [1.82, 2.24) is 0 Å². The molecule has 62 heavy (non-hydrogen) atoms. The Morgan fingerprint density at radius 1 is 0.645 bits per heavy atom. The minimum Gasteiger partial charge on any atom is -0.487 e. The second-order valence-corrected chi connectivity index (χ2v) is 19.1. The lowest BCUT2D eigenvalue weighted by Gasteiger charge is -2.44. The average Bonchev–Trinajstić information content (AvgIpc) is 3.20. The molecule has 0 amide bonds. The largest absolute Gasteiger partial charge is 0.487 e. The van der Waals surface area contributed by atoms with Gasteiger partial charge in [0, 0.05) is 31.2 Å². The van der Waals surface area contributed by atoms with E-state index in [4.69, 9.17) is 33.2 Å². The standard InChI is InChI=1S/C51H84O11/c1-13-20-41(52)56-32-40-47(58-42(53)21-14-2)48(59-43(54)22-15-3)49(60-44(55)23-16-4)50(57-40)61-45-36(9)37(10)46-39(38(45)11)29-31-51(12,62-46)30-19-28-35(8)27-18-26-34(7)25-17-24-33(5)6/h33-35,40,47-50H,13-32H2,1-12H3/t34-,35-,40-,47?,48+,49?,50+,51-/m1/s1. The van der Waals surface area contributed by atoms with Gasteiger partial charge in [0.05, 0.1) is 0 Å². The summed E-state index contributed by atoms with van der Waals surface area (Å²) in [4.78, 5) is 52.2. The first-order chi connectivity index (χ1) is 29.5. The van der Waals surface area contributed by atoms with E-state index in [1.807, 2.05) is 48.5 Å². The zero-order chi connectivity index (χ0) is 46.0. The third-order valence-corrected chi connectivity index (χ3v) is 12.7. The predicted molar refractivity (Wildman–Crippen MR) is 242 cm³/mol. The van der Waals surface area contributed by atoms with E-state index in [9.17, 15) is 19.2 Å². The smallest absolute Gasteiger partial charge is 0.306 e. The van der Waals surface area contributed by atoms with Crippen molar-refractivity contribution in [2.45, 2.75) is 241 Å². The van der Waals surface area contributed by atoms with E-state index in [2.05, 4.69) is 34.6 Å². The maximum absolute atomic E-state index is 13.3. The Balaban J connectivity index is 1.89. The van der Waals surface area contributed by atoms with E-state index in [-0.39, 0.29) is 37.9 Å². The number of hydrogen-bond donors (Lipinski definition) is 0. The summed E-state index contributed by atoms with van der Waals surface area (Å²) in [5.74, 6) is 1.60. The number of carbonyl (C=O) groups excluding carboxylic acids is 4. The van der Waals surface area contributed by atoms with Crippen LogP contribution in [0.3, 0.4) is 0 Å². The third kappa shape index (κ3) is 16.3. The Hall–Kier alpha value is -3.34. The van der Waals surface area contributed by atoms with E-state index in [1.54, 1.807) is 0 Å². The first-order valence-corrected chi connectivity index (χ1v) is 24.3. The first kappa shape index (κ1) is 53.0. The van der Waals surface area contributed by atoms with Gasteiger partial charge in [0.15, 0.2) is 12.2 Å². The van der Waals surface area contributed by atoms with Crippen LogP contribution in [-0.4, -0.2) is 66.8 Å². The Morgan fingerprint density at radius 2 is 1.15 bits per heavy atom. The number of benzene rings is 1. The third-order valence-electron chi connectivity index (χ3n) is 12.7. The maximum atomic E-state index is 13.3. The van der Waals surface area contributed by atoms with E-state index in [1.165, 1.54) is 44.9 Å². The van der Waals surface area contributed by atoms with Gasteiger partial charge in [-0.15, -0.1) is 0 Å². The number of ether oxygens (including phenoxy) is 7. The number of esters is 4. The molecule has 2 heterocycles. The van der Waals surface area contributed by atoms with Crippen LogP contribution >= 0.6 is 0 Å². The average molecular weight is 873 g/mol. The summed E-state index contributed by atoms with van der Waals surface area (Å²) in [5, 5.41) is 0. The predicted octanol–water partition coefficient (Wildman–Crippen LogP) is 11.7. The van der Waals surface area contributed by atoms with Crippen molar-refractivity contribution < 1.29 is 52.3 Å². The highest BCUT2D eigenvalue weighted by molar-refractivity contribution is 5.72. The lowest BCUT2D eigenvalue weighted by atomic mass is 9.83. The molecule has 2 aliphatic heterocycles. The van der Waals surface area contributed by atoms with Crippen LogP contribution in [0.25, 0.3) is 0 Å². The van der Waals surface area contributed by atoms with Crippen LogP contribution in [0.1, 0.15) is 200 Å². The van der Waals surface area contributed by atoms with Crippen molar-refractivity contribution in [2.24, 2.45) is 17.8 Å². The number of rotatable bonds is 27. The summed E-state index contributed by atoms with van der Waals surface area (Å²) in [6.07, 6.45) is 9.11. The quantitative estimate of drug-likeness (QED) is 0.0618. The molecule has 0 aliphatic carbocycles. The van der Waals surface area contributed by atoms with Crippen molar-refractivity contribution in [3.63, 3.8) is 0 Å². The molecule has 0 spiro atoms. The fraction of sp³-hybridized carbons (Fsp3) is 0.804. The van der Waals surface area contributed by atoms with Crippen LogP contribution in [0, 0.1) is 38.5 Å². The van der Waals surface area contributed by atoms with Crippen LogP contribution in [0.2, 0.25) is 0 Å². The molecule has 1 fully saturated rings. The number of hydrogen-bond acceptors (Lipinski definition) is 11. The minimum atomic E-state index is -1.31. The monoisotopic (exact) mass is 873 g/mol. The molecule has 1 aromatic rings. The first-order valence-electron chi connectivity index (χ1n) is 24.3. The van der Waals surface area contributed by atoms with Crippen LogP contribution in [-0.2, 0) is 49.3 Å². The summed E-state index contributed by atoms with van der Waals surface area (Å²) in [7, 11) is 0. The second-order valence-electron chi connectivity index (χ2n) is 19.1.